The van der Waals surface area contributed by atoms with E-state index in [0.29, 0.717) is 31.4 Å². The zero-order valence-electron chi connectivity index (χ0n) is 15.3. The number of para-hydroxylation sites is 1. The first kappa shape index (κ1) is 19.2. The quantitative estimate of drug-likeness (QED) is 0.605. The minimum atomic E-state index is -4.54. The Morgan fingerprint density at radius 3 is 2.55 bits per heavy atom. The Morgan fingerprint density at radius 2 is 1.83 bits per heavy atom. The van der Waals surface area contributed by atoms with E-state index < -0.39 is 17.8 Å². The van der Waals surface area contributed by atoms with E-state index in [-0.39, 0.29) is 17.5 Å². The number of urea groups is 1. The molecule has 1 aliphatic heterocycles. The van der Waals surface area contributed by atoms with Gasteiger partial charge in [-0.3, -0.25) is 0 Å². The van der Waals surface area contributed by atoms with E-state index in [1.54, 1.807) is 12.4 Å². The van der Waals surface area contributed by atoms with Crippen molar-refractivity contribution < 1.29 is 22.4 Å². The number of likely N-dealkylation sites (tertiary alicyclic amines) is 1. The molecule has 1 N–H and O–H groups in total. The van der Waals surface area contributed by atoms with Gasteiger partial charge >= 0.3 is 12.2 Å². The van der Waals surface area contributed by atoms with E-state index in [2.05, 4.69) is 10.3 Å². The molecular formula is C20H18F4N4O. The van der Waals surface area contributed by atoms with Gasteiger partial charge in [-0.15, -0.1) is 0 Å². The predicted molar refractivity (Wildman–Crippen MR) is 100.0 cm³/mol. The maximum absolute atomic E-state index is 13.3. The molecule has 5 nitrogen and oxygen atoms in total. The summed E-state index contributed by atoms with van der Waals surface area (Å²) in [5.74, 6) is -0.353. The normalized spacial score (nSPS) is 15.7. The van der Waals surface area contributed by atoms with Crippen LogP contribution in [0.15, 0.2) is 48.8 Å². The van der Waals surface area contributed by atoms with E-state index >= 15 is 0 Å². The average Bonchev–Trinajstić information content (AvgIpc) is 3.10. The van der Waals surface area contributed by atoms with Gasteiger partial charge in [-0.05, 0) is 37.1 Å². The Bertz CT molecular complexity index is 1040. The van der Waals surface area contributed by atoms with E-state index in [1.807, 2.05) is 4.57 Å². The van der Waals surface area contributed by atoms with E-state index in [9.17, 15) is 22.4 Å². The van der Waals surface area contributed by atoms with Gasteiger partial charge in [-0.1, -0.05) is 12.1 Å². The minimum absolute atomic E-state index is 0.0805. The Morgan fingerprint density at radius 1 is 1.10 bits per heavy atom. The molecule has 0 radical (unpaired) electrons. The second-order valence-electron chi connectivity index (χ2n) is 6.98. The molecule has 0 bridgehead atoms. The first-order valence-electron chi connectivity index (χ1n) is 9.17. The van der Waals surface area contributed by atoms with Crippen LogP contribution >= 0.6 is 0 Å². The molecule has 0 unspecified atom stereocenters. The zero-order valence-corrected chi connectivity index (χ0v) is 15.3. The number of hydrogen-bond donors (Lipinski definition) is 1. The summed E-state index contributed by atoms with van der Waals surface area (Å²) in [5, 5.41) is 2.38. The smallest absolute Gasteiger partial charge is 0.327 e. The van der Waals surface area contributed by atoms with Gasteiger partial charge in [0.05, 0.1) is 28.6 Å². The molecule has 152 valence electrons. The number of benzene rings is 2. The lowest BCUT2D eigenvalue weighted by Gasteiger charge is -2.33. The number of alkyl halides is 3. The number of halogens is 4. The maximum Gasteiger partial charge on any atom is 0.418 e. The summed E-state index contributed by atoms with van der Waals surface area (Å²) in [6, 6.07) is 8.85. The molecule has 2 aromatic carbocycles. The van der Waals surface area contributed by atoms with Gasteiger partial charge in [0.2, 0.25) is 0 Å². The molecule has 1 fully saturated rings. The second kappa shape index (κ2) is 7.38. The number of nitrogens with zero attached hydrogens (tertiary/aromatic N) is 3. The maximum atomic E-state index is 13.3. The number of nitrogens with one attached hydrogen (secondary N) is 1. The third-order valence-corrected chi connectivity index (χ3v) is 5.16. The Labute approximate surface area is 163 Å². The number of imidazole rings is 1. The van der Waals surface area contributed by atoms with Crippen molar-refractivity contribution in [2.24, 2.45) is 0 Å². The minimum Gasteiger partial charge on any atom is -0.327 e. The van der Waals surface area contributed by atoms with Gasteiger partial charge in [-0.25, -0.2) is 14.2 Å². The molecule has 0 atom stereocenters. The number of fused-ring (bicyclic) bond motifs is 1. The molecule has 0 aliphatic carbocycles. The molecule has 4 rings (SSSR count). The molecule has 9 heteroatoms. The molecule has 29 heavy (non-hydrogen) atoms. The lowest BCUT2D eigenvalue weighted by atomic mass is 10.0. The number of amides is 2. The number of rotatable bonds is 2. The standard InChI is InChI=1S/C20H18F4N4O/c21-13-5-6-18-17(11-13)25-12-28(18)14-7-9-27(10-8-14)19(29)26-16-4-2-1-3-15(16)20(22,23)24/h1-6,11-12,14H,7-10H2,(H,26,29). The van der Waals surface area contributed by atoms with Gasteiger partial charge < -0.3 is 14.8 Å². The molecular weight excluding hydrogens is 388 g/mol. The fraction of sp³-hybridized carbons (Fsp3) is 0.300. The predicted octanol–water partition coefficient (Wildman–Crippen LogP) is 5.06. The van der Waals surface area contributed by atoms with Crippen molar-refractivity contribution in [1.82, 2.24) is 14.5 Å². The largest absolute Gasteiger partial charge is 0.418 e. The van der Waals surface area contributed by atoms with Crippen LogP contribution in [-0.4, -0.2) is 33.6 Å². The highest BCUT2D eigenvalue weighted by Gasteiger charge is 2.34. The molecule has 2 amide bonds. The summed E-state index contributed by atoms with van der Waals surface area (Å²) in [6.07, 6.45) is -1.64. The lowest BCUT2D eigenvalue weighted by Crippen LogP contribution is -2.41. The van der Waals surface area contributed by atoms with Crippen LogP contribution in [0.1, 0.15) is 24.4 Å². The number of carbonyl (C=O) groups is 1. The van der Waals surface area contributed by atoms with Crippen LogP contribution in [0.4, 0.5) is 28.0 Å². The third-order valence-electron chi connectivity index (χ3n) is 5.16. The van der Waals surface area contributed by atoms with Crippen molar-refractivity contribution >= 4 is 22.8 Å². The van der Waals surface area contributed by atoms with Crippen LogP contribution in [0, 0.1) is 5.82 Å². The van der Waals surface area contributed by atoms with Crippen molar-refractivity contribution in [3.63, 3.8) is 0 Å². The molecule has 1 aliphatic rings. The van der Waals surface area contributed by atoms with Gasteiger partial charge in [-0.2, -0.15) is 13.2 Å². The summed E-state index contributed by atoms with van der Waals surface area (Å²) in [7, 11) is 0. The molecule has 1 saturated heterocycles. The van der Waals surface area contributed by atoms with Crippen LogP contribution in [0.3, 0.4) is 0 Å². The summed E-state index contributed by atoms with van der Waals surface area (Å²) in [4.78, 5) is 18.2. The van der Waals surface area contributed by atoms with Gasteiger partial charge in [0.15, 0.2) is 0 Å². The van der Waals surface area contributed by atoms with Crippen molar-refractivity contribution in [3.8, 4) is 0 Å². The van der Waals surface area contributed by atoms with Crippen molar-refractivity contribution in [1.29, 1.82) is 0 Å². The first-order chi connectivity index (χ1) is 13.8. The summed E-state index contributed by atoms with van der Waals surface area (Å²) >= 11 is 0. The van der Waals surface area contributed by atoms with Gasteiger partial charge in [0, 0.05) is 25.2 Å². The highest BCUT2D eigenvalue weighted by Crippen LogP contribution is 2.35. The number of piperidine rings is 1. The molecule has 2 heterocycles. The number of hydrogen-bond acceptors (Lipinski definition) is 2. The SMILES string of the molecule is O=C(Nc1ccccc1C(F)(F)F)N1CCC(n2cnc3cc(F)ccc32)CC1. The molecule has 3 aromatic rings. The lowest BCUT2D eigenvalue weighted by molar-refractivity contribution is -0.136. The van der Waals surface area contributed by atoms with Crippen LogP contribution in [0.25, 0.3) is 11.0 Å². The highest BCUT2D eigenvalue weighted by molar-refractivity contribution is 5.90. The molecule has 1 aromatic heterocycles. The summed E-state index contributed by atoms with van der Waals surface area (Å²) in [6.45, 7) is 0.789. The van der Waals surface area contributed by atoms with Crippen LogP contribution < -0.4 is 5.32 Å². The van der Waals surface area contributed by atoms with Crippen LogP contribution in [-0.2, 0) is 6.18 Å². The van der Waals surface area contributed by atoms with Crippen LogP contribution in [0.5, 0.6) is 0 Å². The van der Waals surface area contributed by atoms with Crippen molar-refractivity contribution in [2.75, 3.05) is 18.4 Å². The Balaban J connectivity index is 1.43. The molecule has 0 spiro atoms. The summed E-state index contributed by atoms with van der Waals surface area (Å²) < 4.78 is 54.6. The van der Waals surface area contributed by atoms with E-state index in [4.69, 9.17) is 0 Å². The number of aromatic nitrogens is 2. The van der Waals surface area contributed by atoms with Crippen LogP contribution in [0.2, 0.25) is 0 Å². The van der Waals surface area contributed by atoms with Gasteiger partial charge in [0.25, 0.3) is 0 Å². The van der Waals surface area contributed by atoms with E-state index in [1.165, 1.54) is 35.2 Å². The molecule has 0 saturated carbocycles. The van der Waals surface area contributed by atoms with Gasteiger partial charge in [0.1, 0.15) is 5.82 Å². The monoisotopic (exact) mass is 406 g/mol. The van der Waals surface area contributed by atoms with E-state index in [0.717, 1.165) is 11.6 Å². The van der Waals surface area contributed by atoms with Crippen molar-refractivity contribution in [3.05, 3.63) is 60.2 Å². The number of anilines is 1. The Kier molecular flexibility index (Phi) is 4.89. The summed E-state index contributed by atoms with van der Waals surface area (Å²) in [5.41, 5.74) is 0.248. The fourth-order valence-electron chi connectivity index (χ4n) is 3.68. The highest BCUT2D eigenvalue weighted by atomic mass is 19.4. The Hall–Kier alpha value is -3.10. The zero-order chi connectivity index (χ0) is 20.6. The third kappa shape index (κ3) is 3.90. The van der Waals surface area contributed by atoms with Crippen molar-refractivity contribution in [2.45, 2.75) is 25.1 Å². The first-order valence-corrected chi connectivity index (χ1v) is 9.17. The second-order valence-corrected chi connectivity index (χ2v) is 6.98. The number of carbonyl (C=O) groups excluding carboxylic acids is 1. The topological polar surface area (TPSA) is 50.2 Å². The average molecular weight is 406 g/mol. The fourth-order valence-corrected chi connectivity index (χ4v) is 3.68.